The molecule has 0 amide bonds. The first-order chi connectivity index (χ1) is 16.0. The van der Waals surface area contributed by atoms with Gasteiger partial charge in [0.1, 0.15) is 12.1 Å². The highest BCUT2D eigenvalue weighted by Gasteiger charge is 2.26. The van der Waals surface area contributed by atoms with Crippen molar-refractivity contribution in [3.05, 3.63) is 48.2 Å². The van der Waals surface area contributed by atoms with E-state index >= 15 is 0 Å². The summed E-state index contributed by atoms with van der Waals surface area (Å²) in [7, 11) is 2.00. The van der Waals surface area contributed by atoms with Crippen molar-refractivity contribution in [2.24, 2.45) is 5.92 Å². The zero-order valence-electron chi connectivity index (χ0n) is 19.4. The fourth-order valence-corrected chi connectivity index (χ4v) is 4.44. The molecule has 1 saturated carbocycles. The van der Waals surface area contributed by atoms with Crippen LogP contribution in [0.2, 0.25) is 0 Å². The van der Waals surface area contributed by atoms with Gasteiger partial charge in [-0.1, -0.05) is 19.4 Å². The molecule has 0 bridgehead atoms. The molecule has 1 atom stereocenters. The number of carboxylic acids is 1. The van der Waals surface area contributed by atoms with Gasteiger partial charge in [-0.3, -0.25) is 14.9 Å². The Labute approximate surface area is 194 Å². The molecule has 1 fully saturated rings. The van der Waals surface area contributed by atoms with Crippen LogP contribution >= 0.6 is 0 Å². The first-order valence-electron chi connectivity index (χ1n) is 11.9. The van der Waals surface area contributed by atoms with Crippen LogP contribution in [0.25, 0.3) is 17.0 Å². The van der Waals surface area contributed by atoms with E-state index in [0.29, 0.717) is 5.82 Å². The summed E-state index contributed by atoms with van der Waals surface area (Å²) in [4.78, 5) is 22.2. The Kier molecular flexibility index (Phi) is 7.54. The van der Waals surface area contributed by atoms with Crippen LogP contribution < -0.4 is 0 Å². The Balaban J connectivity index is 1.32. The first kappa shape index (κ1) is 23.2. The number of allylic oxidation sites excluding steroid dienone is 2. The highest BCUT2D eigenvalue weighted by Crippen LogP contribution is 2.31. The van der Waals surface area contributed by atoms with Gasteiger partial charge in [0.05, 0.1) is 11.8 Å². The molecule has 0 saturated heterocycles. The minimum atomic E-state index is -0.703. The normalized spacial score (nSPS) is 22.9. The predicted molar refractivity (Wildman–Crippen MR) is 126 cm³/mol. The number of aliphatic carboxylic acids is 1. The second-order valence-corrected chi connectivity index (χ2v) is 9.02. The number of pyridine rings is 1. The number of aryl methyl sites for hydroxylation is 1. The fraction of sp³-hybridized carbons (Fsp3) is 0.520. The van der Waals surface area contributed by atoms with Crippen molar-refractivity contribution in [1.29, 1.82) is 0 Å². The van der Waals surface area contributed by atoms with E-state index in [1.807, 2.05) is 25.4 Å². The lowest BCUT2D eigenvalue weighted by atomic mass is 9.85. The molecule has 8 nitrogen and oxygen atoms in total. The largest absolute Gasteiger partial charge is 0.481 e. The lowest BCUT2D eigenvalue weighted by Crippen LogP contribution is -2.35. The number of nitrogens with one attached hydrogen (secondary N) is 1. The second-order valence-electron chi connectivity index (χ2n) is 9.02. The zero-order valence-corrected chi connectivity index (χ0v) is 19.4. The molecule has 33 heavy (non-hydrogen) atoms. The number of hydrogen-bond donors (Lipinski definition) is 2. The van der Waals surface area contributed by atoms with Gasteiger partial charge in [-0.05, 0) is 56.2 Å². The molecular formula is C25H33N5O3. The number of unbranched alkanes of at least 4 members (excludes halogenated alkanes) is 1. The molecule has 1 aliphatic carbocycles. The van der Waals surface area contributed by atoms with Crippen molar-refractivity contribution >= 4 is 11.5 Å². The summed E-state index contributed by atoms with van der Waals surface area (Å²) >= 11 is 0. The molecule has 2 N–H and O–H groups in total. The average Bonchev–Trinajstić information content (AvgIpc) is 3.29. The predicted octanol–water partition coefficient (Wildman–Crippen LogP) is 4.43. The molecule has 176 valence electrons. The maximum absolute atomic E-state index is 10.9. The number of nitrogens with zero attached hydrogens (tertiary/aromatic N) is 4. The molecule has 0 radical (unpaired) electrons. The summed E-state index contributed by atoms with van der Waals surface area (Å²) in [5.41, 5.74) is 2.80. The monoisotopic (exact) mass is 451 g/mol. The maximum atomic E-state index is 10.9. The number of aromatic amines is 1. The molecule has 3 heterocycles. The van der Waals surface area contributed by atoms with Gasteiger partial charge in [0.25, 0.3) is 0 Å². The highest BCUT2D eigenvalue weighted by atomic mass is 16.5. The van der Waals surface area contributed by atoms with E-state index in [2.05, 4.69) is 50.3 Å². The van der Waals surface area contributed by atoms with Crippen LogP contribution in [-0.4, -0.2) is 55.5 Å². The summed E-state index contributed by atoms with van der Waals surface area (Å²) in [5.74, 6) is 1.17. The van der Waals surface area contributed by atoms with Gasteiger partial charge >= 0.3 is 5.97 Å². The van der Waals surface area contributed by atoms with Crippen LogP contribution in [0.4, 0.5) is 0 Å². The molecule has 2 aromatic heterocycles. The molecule has 2 aromatic rings. The smallest absolute Gasteiger partial charge is 0.303 e. The van der Waals surface area contributed by atoms with E-state index in [9.17, 15) is 4.79 Å². The Morgan fingerprint density at radius 1 is 1.27 bits per heavy atom. The summed E-state index contributed by atoms with van der Waals surface area (Å²) in [6, 6.07) is 3.99. The SMILES string of the molecule is CCCCc1nc(-c2ccc(C3=CN(C)C(OC4CCC(CC(=O)O)CC4)C=C3)nc2)n[nH]1. The highest BCUT2D eigenvalue weighted by molar-refractivity contribution is 5.73. The third-order valence-corrected chi connectivity index (χ3v) is 6.39. The Hall–Kier alpha value is -3.00. The number of ether oxygens (including phenoxy) is 1. The Bertz CT molecular complexity index is 990. The van der Waals surface area contributed by atoms with Crippen LogP contribution in [0.1, 0.15) is 63.4 Å². The van der Waals surface area contributed by atoms with Crippen LogP contribution in [0.15, 0.2) is 36.7 Å². The van der Waals surface area contributed by atoms with Crippen LogP contribution in [0.5, 0.6) is 0 Å². The number of H-pyrrole nitrogens is 1. The van der Waals surface area contributed by atoms with Crippen LogP contribution in [-0.2, 0) is 16.0 Å². The van der Waals surface area contributed by atoms with Crippen molar-refractivity contribution in [2.75, 3.05) is 7.05 Å². The molecule has 0 aromatic carbocycles. The Morgan fingerprint density at radius 3 is 2.76 bits per heavy atom. The lowest BCUT2D eigenvalue weighted by molar-refractivity contribution is -0.138. The van der Waals surface area contributed by atoms with E-state index in [1.54, 1.807) is 0 Å². The minimum absolute atomic E-state index is 0.121. The quantitative estimate of drug-likeness (QED) is 0.581. The summed E-state index contributed by atoms with van der Waals surface area (Å²) < 4.78 is 6.30. The van der Waals surface area contributed by atoms with E-state index in [4.69, 9.17) is 9.84 Å². The fourth-order valence-electron chi connectivity index (χ4n) is 4.44. The molecule has 2 aliphatic rings. The minimum Gasteiger partial charge on any atom is -0.481 e. The Morgan fingerprint density at radius 2 is 2.09 bits per heavy atom. The van der Waals surface area contributed by atoms with Gasteiger partial charge in [-0.15, -0.1) is 0 Å². The number of hydrogen-bond acceptors (Lipinski definition) is 6. The topological polar surface area (TPSA) is 104 Å². The third-order valence-electron chi connectivity index (χ3n) is 6.39. The van der Waals surface area contributed by atoms with Crippen molar-refractivity contribution in [1.82, 2.24) is 25.1 Å². The molecule has 4 rings (SSSR count). The average molecular weight is 452 g/mol. The molecule has 8 heteroatoms. The molecule has 0 spiro atoms. The van der Waals surface area contributed by atoms with Gasteiger partial charge in [0, 0.05) is 43.4 Å². The number of carboxylic acid groups (broad SMARTS) is 1. The number of rotatable bonds is 9. The number of aromatic nitrogens is 4. The van der Waals surface area contributed by atoms with Crippen LogP contribution in [0.3, 0.4) is 0 Å². The van der Waals surface area contributed by atoms with Crippen LogP contribution in [0, 0.1) is 5.92 Å². The van der Waals surface area contributed by atoms with E-state index in [0.717, 1.165) is 67.6 Å². The molecule has 1 unspecified atom stereocenters. The molecular weight excluding hydrogens is 418 g/mol. The van der Waals surface area contributed by atoms with Gasteiger partial charge in [-0.2, -0.15) is 5.10 Å². The van der Waals surface area contributed by atoms with E-state index in [1.165, 1.54) is 0 Å². The zero-order chi connectivity index (χ0) is 23.2. The van der Waals surface area contributed by atoms with E-state index < -0.39 is 5.97 Å². The van der Waals surface area contributed by atoms with Crippen molar-refractivity contribution in [3.8, 4) is 11.4 Å². The van der Waals surface area contributed by atoms with Crippen molar-refractivity contribution in [3.63, 3.8) is 0 Å². The van der Waals surface area contributed by atoms with Crippen molar-refractivity contribution < 1.29 is 14.6 Å². The summed E-state index contributed by atoms with van der Waals surface area (Å²) in [6.07, 6.45) is 15.1. The third kappa shape index (κ3) is 6.07. The van der Waals surface area contributed by atoms with Crippen molar-refractivity contribution in [2.45, 2.75) is 70.6 Å². The molecule has 1 aliphatic heterocycles. The standard InChI is InChI=1S/C25H33N5O3/c1-3-4-5-22-27-25(29-28-22)18-8-12-21(26-15-18)19-9-13-23(30(2)16-19)33-20-10-6-17(7-11-20)14-24(31)32/h8-9,12-13,15-17,20,23H,3-7,10-11,14H2,1-2H3,(H,31,32)(H,27,28,29). The van der Waals surface area contributed by atoms with Gasteiger partial charge in [-0.25, -0.2) is 4.98 Å². The first-order valence-corrected chi connectivity index (χ1v) is 11.9. The van der Waals surface area contributed by atoms with Gasteiger partial charge in [0.15, 0.2) is 5.82 Å². The summed E-state index contributed by atoms with van der Waals surface area (Å²) in [6.45, 7) is 2.16. The number of carbonyl (C=O) groups is 1. The number of likely N-dealkylation sites (N-methyl/N-ethyl adjacent to an activating group) is 1. The summed E-state index contributed by atoms with van der Waals surface area (Å²) in [5, 5.41) is 16.3. The van der Waals surface area contributed by atoms with E-state index in [-0.39, 0.29) is 24.7 Å². The van der Waals surface area contributed by atoms with Gasteiger partial charge in [0.2, 0.25) is 0 Å². The lowest BCUT2D eigenvalue weighted by Gasteiger charge is -2.34. The second kappa shape index (κ2) is 10.7. The van der Waals surface area contributed by atoms with Gasteiger partial charge < -0.3 is 14.7 Å². The maximum Gasteiger partial charge on any atom is 0.303 e.